The summed E-state index contributed by atoms with van der Waals surface area (Å²) in [6.45, 7) is 1.66. The van der Waals surface area contributed by atoms with Crippen molar-refractivity contribution in [2.24, 2.45) is 0 Å². The van der Waals surface area contributed by atoms with Crippen LogP contribution in [0.5, 0.6) is 11.5 Å². The average Bonchev–Trinajstić information content (AvgIpc) is 2.67. The van der Waals surface area contributed by atoms with Crippen molar-refractivity contribution in [3.63, 3.8) is 0 Å². The van der Waals surface area contributed by atoms with Crippen molar-refractivity contribution < 1.29 is 15.1 Å². The van der Waals surface area contributed by atoms with Crippen molar-refractivity contribution in [1.82, 2.24) is 9.97 Å². The SMILES string of the molecule is Cc1nc(N(C)c2ccc(O)cc2)c([N+](=O)[O-])c(N(C)c2ccc(O)cc2)n1. The van der Waals surface area contributed by atoms with Gasteiger partial charge in [-0.25, -0.2) is 9.97 Å². The van der Waals surface area contributed by atoms with E-state index < -0.39 is 4.92 Å². The number of aromatic nitrogens is 2. The number of nitro groups is 1. The molecule has 2 N–H and O–H groups in total. The Morgan fingerprint density at radius 3 is 1.50 bits per heavy atom. The second-order valence-electron chi connectivity index (χ2n) is 6.17. The predicted molar refractivity (Wildman–Crippen MR) is 106 cm³/mol. The maximum atomic E-state index is 11.9. The summed E-state index contributed by atoms with van der Waals surface area (Å²) in [6.07, 6.45) is 0. The predicted octanol–water partition coefficient (Wildman–Crippen LogP) is 3.64. The molecule has 0 aliphatic rings. The number of hydrogen-bond donors (Lipinski definition) is 2. The number of hydrogen-bond acceptors (Lipinski definition) is 8. The van der Waals surface area contributed by atoms with Gasteiger partial charge in [0.05, 0.1) is 4.92 Å². The molecule has 0 amide bonds. The molecule has 0 spiro atoms. The van der Waals surface area contributed by atoms with Gasteiger partial charge in [-0.3, -0.25) is 10.1 Å². The average molecular weight is 381 g/mol. The number of benzene rings is 2. The molecule has 0 bridgehead atoms. The molecule has 0 atom stereocenters. The Morgan fingerprint density at radius 2 is 1.18 bits per heavy atom. The molecule has 0 unspecified atom stereocenters. The third-order valence-corrected chi connectivity index (χ3v) is 4.25. The molecule has 0 fully saturated rings. The van der Waals surface area contributed by atoms with E-state index in [9.17, 15) is 20.3 Å². The lowest BCUT2D eigenvalue weighted by atomic mass is 10.2. The van der Waals surface area contributed by atoms with E-state index >= 15 is 0 Å². The molecule has 0 aliphatic carbocycles. The standard InChI is InChI=1S/C19H19N5O4/c1-12-20-18(22(2)13-4-8-15(25)9-5-13)17(24(27)28)19(21-12)23(3)14-6-10-16(26)11-7-14/h4-11,25-26H,1-3H3. The lowest BCUT2D eigenvalue weighted by Gasteiger charge is -2.23. The number of nitrogens with zero attached hydrogens (tertiary/aromatic N) is 5. The molecule has 144 valence electrons. The number of phenolic OH excluding ortho intramolecular Hbond substituents is 2. The normalized spacial score (nSPS) is 10.5. The van der Waals surface area contributed by atoms with Crippen LogP contribution in [0, 0.1) is 17.0 Å². The number of rotatable bonds is 5. The van der Waals surface area contributed by atoms with E-state index in [0.29, 0.717) is 17.2 Å². The lowest BCUT2D eigenvalue weighted by molar-refractivity contribution is -0.383. The van der Waals surface area contributed by atoms with Gasteiger partial charge in [0.2, 0.25) is 11.6 Å². The van der Waals surface area contributed by atoms with Gasteiger partial charge in [0.25, 0.3) is 0 Å². The summed E-state index contributed by atoms with van der Waals surface area (Å²) in [4.78, 5) is 23.1. The molecule has 28 heavy (non-hydrogen) atoms. The van der Waals surface area contributed by atoms with E-state index in [1.54, 1.807) is 55.1 Å². The van der Waals surface area contributed by atoms with Crippen LogP contribution in [0.25, 0.3) is 0 Å². The molecule has 2 aromatic carbocycles. The van der Waals surface area contributed by atoms with Crippen LogP contribution in [0.4, 0.5) is 28.7 Å². The van der Waals surface area contributed by atoms with Crippen molar-refractivity contribution >= 4 is 28.7 Å². The largest absolute Gasteiger partial charge is 0.508 e. The zero-order valence-electron chi connectivity index (χ0n) is 15.6. The fourth-order valence-corrected chi connectivity index (χ4v) is 2.77. The zero-order chi connectivity index (χ0) is 20.4. The minimum absolute atomic E-state index is 0.0956. The molecule has 0 saturated heterocycles. The summed E-state index contributed by atoms with van der Waals surface area (Å²) >= 11 is 0. The summed E-state index contributed by atoms with van der Waals surface area (Å²) in [5.41, 5.74) is 0.992. The van der Waals surface area contributed by atoms with E-state index in [0.717, 1.165) is 0 Å². The fraction of sp³-hybridized carbons (Fsp3) is 0.158. The molecular weight excluding hydrogens is 362 g/mol. The van der Waals surface area contributed by atoms with Gasteiger partial charge < -0.3 is 20.0 Å². The molecule has 0 aliphatic heterocycles. The lowest BCUT2D eigenvalue weighted by Crippen LogP contribution is -2.19. The van der Waals surface area contributed by atoms with Crippen LogP contribution in [0.1, 0.15) is 5.82 Å². The van der Waals surface area contributed by atoms with Crippen molar-refractivity contribution in [2.75, 3.05) is 23.9 Å². The summed E-state index contributed by atoms with van der Waals surface area (Å²) in [5.74, 6) is 0.816. The number of anilines is 4. The van der Waals surface area contributed by atoms with Crippen LogP contribution in [0.2, 0.25) is 0 Å². The second kappa shape index (κ2) is 7.39. The molecule has 3 aromatic rings. The maximum absolute atomic E-state index is 11.9. The van der Waals surface area contributed by atoms with Crippen LogP contribution in [-0.2, 0) is 0 Å². The van der Waals surface area contributed by atoms with Gasteiger partial charge >= 0.3 is 5.69 Å². The highest BCUT2D eigenvalue weighted by Gasteiger charge is 2.30. The molecule has 0 radical (unpaired) electrons. The molecule has 9 heteroatoms. The Hall–Kier alpha value is -3.88. The molecule has 1 heterocycles. The fourth-order valence-electron chi connectivity index (χ4n) is 2.77. The number of aromatic hydroxyl groups is 2. The minimum atomic E-state index is -0.516. The highest BCUT2D eigenvalue weighted by molar-refractivity contribution is 5.79. The first kappa shape index (κ1) is 18.9. The van der Waals surface area contributed by atoms with E-state index in [1.165, 1.54) is 24.3 Å². The molecule has 0 saturated carbocycles. The van der Waals surface area contributed by atoms with E-state index in [-0.39, 0.29) is 28.8 Å². The van der Waals surface area contributed by atoms with Gasteiger partial charge in [-0.05, 0) is 55.5 Å². The molecule has 3 rings (SSSR count). The quantitative estimate of drug-likeness (QED) is 0.508. The zero-order valence-corrected chi connectivity index (χ0v) is 15.6. The van der Waals surface area contributed by atoms with E-state index in [4.69, 9.17) is 0 Å². The third kappa shape index (κ3) is 3.63. The van der Waals surface area contributed by atoms with Crippen LogP contribution >= 0.6 is 0 Å². The topological polar surface area (TPSA) is 116 Å². The van der Waals surface area contributed by atoms with Crippen LogP contribution in [0.3, 0.4) is 0 Å². The van der Waals surface area contributed by atoms with E-state index in [1.807, 2.05) is 0 Å². The van der Waals surface area contributed by atoms with Gasteiger partial charge in [0.15, 0.2) is 0 Å². The summed E-state index contributed by atoms with van der Waals surface area (Å²) < 4.78 is 0. The Labute approximate surface area is 161 Å². The van der Waals surface area contributed by atoms with Gasteiger partial charge in [-0.2, -0.15) is 0 Å². The van der Waals surface area contributed by atoms with Gasteiger partial charge in [0.1, 0.15) is 17.3 Å². The first-order chi connectivity index (χ1) is 13.3. The Bertz CT molecular complexity index is 933. The van der Waals surface area contributed by atoms with Gasteiger partial charge in [0, 0.05) is 25.5 Å². The number of aryl methyl sites for hydroxylation is 1. The Kier molecular flexibility index (Phi) is 4.99. The molecule has 1 aromatic heterocycles. The third-order valence-electron chi connectivity index (χ3n) is 4.25. The van der Waals surface area contributed by atoms with Crippen molar-refractivity contribution in [3.8, 4) is 11.5 Å². The number of phenols is 2. The summed E-state index contributed by atoms with van der Waals surface area (Å²) in [7, 11) is 3.32. The summed E-state index contributed by atoms with van der Waals surface area (Å²) in [6, 6.07) is 12.5. The van der Waals surface area contributed by atoms with Gasteiger partial charge in [-0.1, -0.05) is 0 Å². The van der Waals surface area contributed by atoms with Crippen molar-refractivity contribution in [3.05, 3.63) is 64.5 Å². The molecular formula is C19H19N5O4. The minimum Gasteiger partial charge on any atom is -0.508 e. The Morgan fingerprint density at radius 1 is 0.821 bits per heavy atom. The second-order valence-corrected chi connectivity index (χ2v) is 6.17. The van der Waals surface area contributed by atoms with Gasteiger partial charge in [-0.15, -0.1) is 0 Å². The van der Waals surface area contributed by atoms with Crippen LogP contribution in [-0.4, -0.2) is 39.2 Å². The first-order valence-electron chi connectivity index (χ1n) is 8.36. The highest BCUT2D eigenvalue weighted by Crippen LogP contribution is 2.39. The summed E-state index contributed by atoms with van der Waals surface area (Å²) in [5, 5.41) is 30.9. The highest BCUT2D eigenvalue weighted by atomic mass is 16.6. The van der Waals surface area contributed by atoms with Crippen LogP contribution < -0.4 is 9.80 Å². The van der Waals surface area contributed by atoms with E-state index in [2.05, 4.69) is 9.97 Å². The maximum Gasteiger partial charge on any atom is 0.354 e. The molecule has 9 nitrogen and oxygen atoms in total. The Balaban J connectivity index is 2.14. The van der Waals surface area contributed by atoms with Crippen molar-refractivity contribution in [2.45, 2.75) is 6.92 Å². The first-order valence-corrected chi connectivity index (χ1v) is 8.36. The monoisotopic (exact) mass is 381 g/mol. The van der Waals surface area contributed by atoms with Crippen molar-refractivity contribution in [1.29, 1.82) is 0 Å². The smallest absolute Gasteiger partial charge is 0.354 e. The van der Waals surface area contributed by atoms with Crippen LogP contribution in [0.15, 0.2) is 48.5 Å².